The summed E-state index contributed by atoms with van der Waals surface area (Å²) in [6.07, 6.45) is 9.05. The molecule has 3 rings (SSSR count). The van der Waals surface area contributed by atoms with E-state index in [0.717, 1.165) is 51.9 Å². The number of hydrogen-bond donors (Lipinski definition) is 1. The Kier molecular flexibility index (Phi) is 7.56. The van der Waals surface area contributed by atoms with Gasteiger partial charge in [-0.2, -0.15) is 0 Å². The standard InChI is InChI=1S/C20H37N3O2/c1-17(20(24)21-15-18-5-3-2-4-6-18)23-11-9-22(10-12-23)16-19-7-13-25-14-8-19/h17-19H,2-16H2,1H3,(H,21,24). The molecule has 5 nitrogen and oxygen atoms in total. The summed E-state index contributed by atoms with van der Waals surface area (Å²) < 4.78 is 5.46. The van der Waals surface area contributed by atoms with E-state index in [2.05, 4.69) is 22.0 Å². The molecule has 0 aromatic carbocycles. The maximum atomic E-state index is 12.5. The van der Waals surface area contributed by atoms with Gasteiger partial charge in [0, 0.05) is 52.5 Å². The molecular weight excluding hydrogens is 314 g/mol. The molecule has 1 aliphatic carbocycles. The van der Waals surface area contributed by atoms with E-state index in [1.165, 1.54) is 51.5 Å². The van der Waals surface area contributed by atoms with E-state index in [9.17, 15) is 4.79 Å². The second kappa shape index (κ2) is 9.89. The highest BCUT2D eigenvalue weighted by atomic mass is 16.5. The molecule has 2 saturated heterocycles. The summed E-state index contributed by atoms with van der Waals surface area (Å²) in [4.78, 5) is 17.4. The third kappa shape index (κ3) is 5.93. The zero-order chi connectivity index (χ0) is 17.5. The predicted octanol–water partition coefficient (Wildman–Crippen LogP) is 2.12. The highest BCUT2D eigenvalue weighted by molar-refractivity contribution is 5.81. The van der Waals surface area contributed by atoms with Crippen LogP contribution in [0.1, 0.15) is 51.9 Å². The minimum atomic E-state index is 0.00817. The third-order valence-corrected chi connectivity index (χ3v) is 6.48. The van der Waals surface area contributed by atoms with Gasteiger partial charge in [0.15, 0.2) is 0 Å². The first kappa shape index (κ1) is 19.1. The minimum absolute atomic E-state index is 0.00817. The second-order valence-corrected chi connectivity index (χ2v) is 8.32. The van der Waals surface area contributed by atoms with Crippen molar-refractivity contribution in [2.24, 2.45) is 11.8 Å². The van der Waals surface area contributed by atoms with Crippen LogP contribution < -0.4 is 5.32 Å². The van der Waals surface area contributed by atoms with Crippen molar-refractivity contribution in [1.29, 1.82) is 0 Å². The van der Waals surface area contributed by atoms with E-state index in [1.54, 1.807) is 0 Å². The molecule has 1 atom stereocenters. The van der Waals surface area contributed by atoms with Crippen molar-refractivity contribution in [3.8, 4) is 0 Å². The Morgan fingerprint density at radius 3 is 2.36 bits per heavy atom. The van der Waals surface area contributed by atoms with Crippen LogP contribution in [0.15, 0.2) is 0 Å². The zero-order valence-electron chi connectivity index (χ0n) is 16.0. The fourth-order valence-electron chi connectivity index (χ4n) is 4.58. The highest BCUT2D eigenvalue weighted by Gasteiger charge is 2.27. The van der Waals surface area contributed by atoms with Crippen LogP contribution in [-0.2, 0) is 9.53 Å². The van der Waals surface area contributed by atoms with Gasteiger partial charge in [-0.05, 0) is 44.4 Å². The SMILES string of the molecule is CC(C(=O)NCC1CCCCC1)N1CCN(CC2CCOCC2)CC1. The van der Waals surface area contributed by atoms with E-state index in [-0.39, 0.29) is 11.9 Å². The molecule has 0 spiro atoms. The molecule has 0 aromatic rings. The molecular formula is C20H37N3O2. The predicted molar refractivity (Wildman–Crippen MR) is 101 cm³/mol. The second-order valence-electron chi connectivity index (χ2n) is 8.32. The summed E-state index contributed by atoms with van der Waals surface area (Å²) in [6, 6.07) is 0.00817. The van der Waals surface area contributed by atoms with Crippen LogP contribution in [0.25, 0.3) is 0 Å². The Labute approximate surface area is 153 Å². The number of hydrogen-bond acceptors (Lipinski definition) is 4. The molecule has 25 heavy (non-hydrogen) atoms. The van der Waals surface area contributed by atoms with Crippen LogP contribution in [0.5, 0.6) is 0 Å². The van der Waals surface area contributed by atoms with Crippen LogP contribution in [0, 0.1) is 11.8 Å². The Bertz CT molecular complexity index is 398. The van der Waals surface area contributed by atoms with Crippen molar-refractivity contribution in [3.63, 3.8) is 0 Å². The van der Waals surface area contributed by atoms with Crippen LogP contribution in [0.3, 0.4) is 0 Å². The van der Waals surface area contributed by atoms with Crippen molar-refractivity contribution in [3.05, 3.63) is 0 Å². The summed E-state index contributed by atoms with van der Waals surface area (Å²) in [5.74, 6) is 1.74. The average Bonchev–Trinajstić information content (AvgIpc) is 2.68. The fourth-order valence-corrected chi connectivity index (χ4v) is 4.58. The third-order valence-electron chi connectivity index (χ3n) is 6.48. The number of nitrogens with one attached hydrogen (secondary N) is 1. The van der Waals surface area contributed by atoms with Gasteiger partial charge in [0.1, 0.15) is 0 Å². The lowest BCUT2D eigenvalue weighted by Gasteiger charge is -2.39. The zero-order valence-corrected chi connectivity index (χ0v) is 16.0. The smallest absolute Gasteiger partial charge is 0.237 e. The quantitative estimate of drug-likeness (QED) is 0.796. The van der Waals surface area contributed by atoms with Crippen molar-refractivity contribution in [2.45, 2.75) is 57.9 Å². The van der Waals surface area contributed by atoms with Gasteiger partial charge in [0.2, 0.25) is 5.91 Å². The molecule has 1 amide bonds. The summed E-state index contributed by atoms with van der Waals surface area (Å²) in [7, 11) is 0. The van der Waals surface area contributed by atoms with Crippen LogP contribution >= 0.6 is 0 Å². The Hall–Kier alpha value is -0.650. The van der Waals surface area contributed by atoms with E-state index >= 15 is 0 Å². The summed E-state index contributed by atoms with van der Waals surface area (Å²) in [5, 5.41) is 3.22. The number of ether oxygens (including phenoxy) is 1. The monoisotopic (exact) mass is 351 g/mol. The number of rotatable bonds is 6. The van der Waals surface area contributed by atoms with Crippen LogP contribution in [0.2, 0.25) is 0 Å². The highest BCUT2D eigenvalue weighted by Crippen LogP contribution is 2.23. The van der Waals surface area contributed by atoms with Crippen molar-refractivity contribution < 1.29 is 9.53 Å². The van der Waals surface area contributed by atoms with Gasteiger partial charge in [-0.25, -0.2) is 0 Å². The molecule has 144 valence electrons. The molecule has 2 heterocycles. The summed E-state index contributed by atoms with van der Waals surface area (Å²) in [5.41, 5.74) is 0. The van der Waals surface area contributed by atoms with Crippen molar-refractivity contribution in [2.75, 3.05) is 52.5 Å². The summed E-state index contributed by atoms with van der Waals surface area (Å²) >= 11 is 0. The molecule has 1 unspecified atom stereocenters. The lowest BCUT2D eigenvalue weighted by atomic mass is 9.89. The van der Waals surface area contributed by atoms with Gasteiger partial charge in [-0.3, -0.25) is 9.69 Å². The van der Waals surface area contributed by atoms with Gasteiger partial charge in [0.05, 0.1) is 6.04 Å². The minimum Gasteiger partial charge on any atom is -0.381 e. The first-order valence-electron chi connectivity index (χ1n) is 10.5. The van der Waals surface area contributed by atoms with Gasteiger partial charge in [-0.1, -0.05) is 19.3 Å². The largest absolute Gasteiger partial charge is 0.381 e. The molecule has 5 heteroatoms. The van der Waals surface area contributed by atoms with E-state index in [1.807, 2.05) is 0 Å². The number of piperazine rings is 1. The van der Waals surface area contributed by atoms with Crippen molar-refractivity contribution >= 4 is 5.91 Å². The number of nitrogens with zero attached hydrogens (tertiary/aromatic N) is 2. The maximum absolute atomic E-state index is 12.5. The van der Waals surface area contributed by atoms with Gasteiger partial charge in [-0.15, -0.1) is 0 Å². The molecule has 1 saturated carbocycles. The normalized spacial score (nSPS) is 26.4. The fraction of sp³-hybridized carbons (Fsp3) is 0.950. The molecule has 2 aliphatic heterocycles. The number of carbonyl (C=O) groups is 1. The van der Waals surface area contributed by atoms with Gasteiger partial charge in [0.25, 0.3) is 0 Å². The molecule has 1 N–H and O–H groups in total. The maximum Gasteiger partial charge on any atom is 0.237 e. The number of amides is 1. The first-order chi connectivity index (χ1) is 12.2. The Balaban J connectivity index is 1.34. The summed E-state index contributed by atoms with van der Waals surface area (Å²) in [6.45, 7) is 10.3. The van der Waals surface area contributed by atoms with Crippen LogP contribution in [-0.4, -0.2) is 74.2 Å². The first-order valence-corrected chi connectivity index (χ1v) is 10.5. The van der Waals surface area contributed by atoms with Crippen molar-refractivity contribution in [1.82, 2.24) is 15.1 Å². The molecule has 0 bridgehead atoms. The van der Waals surface area contributed by atoms with Gasteiger partial charge >= 0.3 is 0 Å². The lowest BCUT2D eigenvalue weighted by molar-refractivity contribution is -0.126. The van der Waals surface area contributed by atoms with E-state index in [0.29, 0.717) is 5.92 Å². The number of carbonyl (C=O) groups excluding carboxylic acids is 1. The van der Waals surface area contributed by atoms with Crippen LogP contribution in [0.4, 0.5) is 0 Å². The molecule has 3 aliphatic rings. The molecule has 3 fully saturated rings. The molecule has 0 radical (unpaired) electrons. The Morgan fingerprint density at radius 2 is 1.68 bits per heavy atom. The lowest BCUT2D eigenvalue weighted by Crippen LogP contribution is -2.54. The average molecular weight is 352 g/mol. The Morgan fingerprint density at radius 1 is 1.00 bits per heavy atom. The van der Waals surface area contributed by atoms with E-state index in [4.69, 9.17) is 4.74 Å². The topological polar surface area (TPSA) is 44.8 Å². The molecule has 0 aromatic heterocycles. The van der Waals surface area contributed by atoms with Gasteiger partial charge < -0.3 is 15.0 Å². The van der Waals surface area contributed by atoms with E-state index < -0.39 is 0 Å².